The molecule has 0 fully saturated rings. The zero-order valence-electron chi connectivity index (χ0n) is 14.7. The molecule has 0 aliphatic heterocycles. The molecule has 0 amide bonds. The van der Waals surface area contributed by atoms with E-state index in [0.717, 1.165) is 5.56 Å². The SMILES string of the molecule is CN=C(NCCCS(=O)(=O)Cc1ccccc1)NCc1ccc(C)s1. The zero-order chi connectivity index (χ0) is 18.1. The fourth-order valence-electron chi connectivity index (χ4n) is 2.37. The first-order chi connectivity index (χ1) is 12.0. The van der Waals surface area contributed by atoms with Gasteiger partial charge in [0.25, 0.3) is 0 Å². The van der Waals surface area contributed by atoms with E-state index >= 15 is 0 Å². The van der Waals surface area contributed by atoms with Crippen LogP contribution in [0.3, 0.4) is 0 Å². The van der Waals surface area contributed by atoms with Gasteiger partial charge in [-0.3, -0.25) is 4.99 Å². The quantitative estimate of drug-likeness (QED) is 0.420. The summed E-state index contributed by atoms with van der Waals surface area (Å²) < 4.78 is 24.3. The van der Waals surface area contributed by atoms with Crippen LogP contribution in [0.2, 0.25) is 0 Å². The van der Waals surface area contributed by atoms with Gasteiger partial charge in [-0.1, -0.05) is 30.3 Å². The number of hydrogen-bond acceptors (Lipinski definition) is 4. The number of hydrogen-bond donors (Lipinski definition) is 2. The van der Waals surface area contributed by atoms with Crippen LogP contribution in [-0.2, 0) is 22.1 Å². The molecule has 25 heavy (non-hydrogen) atoms. The van der Waals surface area contributed by atoms with Crippen molar-refractivity contribution in [2.24, 2.45) is 4.99 Å². The van der Waals surface area contributed by atoms with E-state index in [0.29, 0.717) is 25.5 Å². The van der Waals surface area contributed by atoms with Crippen molar-refractivity contribution >= 4 is 27.1 Å². The van der Waals surface area contributed by atoms with Crippen LogP contribution in [0.25, 0.3) is 0 Å². The Morgan fingerprint density at radius 1 is 1.12 bits per heavy atom. The van der Waals surface area contributed by atoms with Crippen LogP contribution < -0.4 is 10.6 Å². The Kier molecular flexibility index (Phi) is 7.46. The number of guanidine groups is 1. The molecular formula is C18H25N3O2S2. The first kappa shape index (κ1) is 19.5. The minimum absolute atomic E-state index is 0.0958. The maximum Gasteiger partial charge on any atom is 0.191 e. The summed E-state index contributed by atoms with van der Waals surface area (Å²) >= 11 is 1.75. The van der Waals surface area contributed by atoms with E-state index in [9.17, 15) is 8.42 Å². The first-order valence-corrected chi connectivity index (χ1v) is 10.9. The molecule has 1 heterocycles. The third-order valence-corrected chi connectivity index (χ3v) is 6.29. The van der Waals surface area contributed by atoms with E-state index < -0.39 is 9.84 Å². The minimum Gasteiger partial charge on any atom is -0.356 e. The molecule has 2 aromatic rings. The summed E-state index contributed by atoms with van der Waals surface area (Å²) in [5, 5.41) is 6.40. The number of nitrogens with zero attached hydrogens (tertiary/aromatic N) is 1. The van der Waals surface area contributed by atoms with Gasteiger partial charge < -0.3 is 10.6 Å². The molecule has 0 radical (unpaired) electrons. The molecule has 7 heteroatoms. The predicted octanol–water partition coefficient (Wildman–Crippen LogP) is 2.73. The van der Waals surface area contributed by atoms with Crippen LogP contribution in [0.5, 0.6) is 0 Å². The molecular weight excluding hydrogens is 354 g/mol. The third-order valence-electron chi connectivity index (χ3n) is 3.60. The van der Waals surface area contributed by atoms with Crippen LogP contribution in [0.15, 0.2) is 47.5 Å². The van der Waals surface area contributed by atoms with E-state index in [-0.39, 0.29) is 11.5 Å². The van der Waals surface area contributed by atoms with Gasteiger partial charge >= 0.3 is 0 Å². The van der Waals surface area contributed by atoms with E-state index in [1.54, 1.807) is 18.4 Å². The highest BCUT2D eigenvalue weighted by Crippen LogP contribution is 2.14. The summed E-state index contributed by atoms with van der Waals surface area (Å²) in [6, 6.07) is 13.5. The number of benzene rings is 1. The number of sulfone groups is 1. The largest absolute Gasteiger partial charge is 0.356 e. The Balaban J connectivity index is 1.69. The first-order valence-electron chi connectivity index (χ1n) is 8.23. The van der Waals surface area contributed by atoms with E-state index in [1.165, 1.54) is 9.75 Å². The molecule has 0 bridgehead atoms. The van der Waals surface area contributed by atoms with Crippen molar-refractivity contribution in [1.82, 2.24) is 10.6 Å². The van der Waals surface area contributed by atoms with Gasteiger partial charge in [0.1, 0.15) is 0 Å². The summed E-state index contributed by atoms with van der Waals surface area (Å²) in [6.07, 6.45) is 0.550. The second-order valence-electron chi connectivity index (χ2n) is 5.80. The molecule has 0 aliphatic carbocycles. The van der Waals surface area contributed by atoms with Crippen LogP contribution in [0, 0.1) is 6.92 Å². The fraction of sp³-hybridized carbons (Fsp3) is 0.389. The minimum atomic E-state index is -3.09. The smallest absolute Gasteiger partial charge is 0.191 e. The molecule has 1 aromatic carbocycles. The maximum atomic E-state index is 12.2. The number of aliphatic imine (C=N–C) groups is 1. The second kappa shape index (κ2) is 9.58. The van der Waals surface area contributed by atoms with Crippen LogP contribution in [0.4, 0.5) is 0 Å². The lowest BCUT2D eigenvalue weighted by Gasteiger charge is -2.11. The zero-order valence-corrected chi connectivity index (χ0v) is 16.3. The highest BCUT2D eigenvalue weighted by molar-refractivity contribution is 7.90. The molecule has 2 rings (SSSR count). The molecule has 0 atom stereocenters. The predicted molar refractivity (Wildman–Crippen MR) is 106 cm³/mol. The van der Waals surface area contributed by atoms with Crippen LogP contribution in [-0.4, -0.2) is 33.7 Å². The van der Waals surface area contributed by atoms with Crippen molar-refractivity contribution in [3.63, 3.8) is 0 Å². The average molecular weight is 380 g/mol. The van der Waals surface area contributed by atoms with Gasteiger partial charge in [-0.25, -0.2) is 8.42 Å². The van der Waals surface area contributed by atoms with E-state index in [1.807, 2.05) is 30.3 Å². The van der Waals surface area contributed by atoms with Crippen LogP contribution >= 0.6 is 11.3 Å². The normalized spacial score (nSPS) is 12.2. The molecule has 0 saturated heterocycles. The third kappa shape index (κ3) is 7.27. The van der Waals surface area contributed by atoms with E-state index in [4.69, 9.17) is 0 Å². The molecule has 0 spiro atoms. The molecule has 1 aromatic heterocycles. The van der Waals surface area contributed by atoms with Gasteiger partial charge in [0, 0.05) is 23.3 Å². The Bertz CT molecular complexity index is 784. The molecule has 136 valence electrons. The summed E-state index contributed by atoms with van der Waals surface area (Å²) in [4.78, 5) is 6.68. The topological polar surface area (TPSA) is 70.6 Å². The van der Waals surface area contributed by atoms with E-state index in [2.05, 4.69) is 34.7 Å². The van der Waals surface area contributed by atoms with Gasteiger partial charge in [0.2, 0.25) is 0 Å². The lowest BCUT2D eigenvalue weighted by Crippen LogP contribution is -2.37. The van der Waals surface area contributed by atoms with Gasteiger partial charge in [0.15, 0.2) is 15.8 Å². The fourth-order valence-corrected chi connectivity index (χ4v) is 4.63. The van der Waals surface area contributed by atoms with Gasteiger partial charge in [-0.15, -0.1) is 11.3 Å². The second-order valence-corrected chi connectivity index (χ2v) is 9.35. The summed E-state index contributed by atoms with van der Waals surface area (Å²) in [7, 11) is -1.38. The van der Waals surface area contributed by atoms with Gasteiger partial charge in [0.05, 0.1) is 18.1 Å². The number of thiophene rings is 1. The van der Waals surface area contributed by atoms with Crippen molar-refractivity contribution in [2.75, 3.05) is 19.3 Å². The Hall–Kier alpha value is -1.86. The summed E-state index contributed by atoms with van der Waals surface area (Å²) in [6.45, 7) is 3.36. The average Bonchev–Trinajstić information content (AvgIpc) is 3.00. The molecule has 2 N–H and O–H groups in total. The standard InChI is InChI=1S/C18H25N3O2S2/c1-15-9-10-17(24-15)13-21-18(19-2)20-11-6-12-25(22,23)14-16-7-4-3-5-8-16/h3-5,7-10H,6,11-14H2,1-2H3,(H2,19,20,21). The molecule has 0 saturated carbocycles. The number of rotatable bonds is 8. The van der Waals surface area contributed by atoms with Crippen LogP contribution in [0.1, 0.15) is 21.7 Å². The highest BCUT2D eigenvalue weighted by Gasteiger charge is 2.11. The highest BCUT2D eigenvalue weighted by atomic mass is 32.2. The number of aryl methyl sites for hydroxylation is 1. The Labute approximate surface area is 154 Å². The van der Waals surface area contributed by atoms with Crippen molar-refractivity contribution in [3.8, 4) is 0 Å². The Morgan fingerprint density at radius 3 is 2.52 bits per heavy atom. The Morgan fingerprint density at radius 2 is 1.88 bits per heavy atom. The van der Waals surface area contributed by atoms with Gasteiger partial charge in [-0.05, 0) is 31.0 Å². The number of nitrogens with one attached hydrogen (secondary N) is 2. The van der Waals surface area contributed by atoms with Crippen molar-refractivity contribution in [1.29, 1.82) is 0 Å². The monoisotopic (exact) mass is 379 g/mol. The maximum absolute atomic E-state index is 12.2. The van der Waals surface area contributed by atoms with Crippen molar-refractivity contribution in [3.05, 3.63) is 57.8 Å². The molecule has 0 unspecified atom stereocenters. The van der Waals surface area contributed by atoms with Crippen molar-refractivity contribution < 1.29 is 8.42 Å². The summed E-state index contributed by atoms with van der Waals surface area (Å²) in [5.41, 5.74) is 0.833. The molecule has 5 nitrogen and oxygen atoms in total. The lowest BCUT2D eigenvalue weighted by atomic mass is 10.2. The lowest BCUT2D eigenvalue weighted by molar-refractivity contribution is 0.591. The van der Waals surface area contributed by atoms with Crippen molar-refractivity contribution in [2.45, 2.75) is 25.6 Å². The van der Waals surface area contributed by atoms with Gasteiger partial charge in [-0.2, -0.15) is 0 Å². The molecule has 0 aliphatic rings. The summed E-state index contributed by atoms with van der Waals surface area (Å²) in [5.74, 6) is 0.945.